The van der Waals surface area contributed by atoms with Gasteiger partial charge in [0, 0.05) is 36.1 Å². The van der Waals surface area contributed by atoms with Crippen LogP contribution in [0.1, 0.15) is 21.5 Å². The third kappa shape index (κ3) is 4.40. The SMILES string of the molecule is O=C(c1c[nH]c(-c2nc3c(F)cc(N4CCO[C@@H](CO)C4)cc3[nH]2)c1)c1ccccc1C(F)(F)F. The van der Waals surface area contributed by atoms with Crippen molar-refractivity contribution in [3.63, 3.8) is 0 Å². The number of imidazole rings is 1. The molecule has 0 spiro atoms. The molecular formula is C24H20F4N4O3. The molecule has 0 amide bonds. The van der Waals surface area contributed by atoms with Crippen molar-refractivity contribution in [1.29, 1.82) is 0 Å². The van der Waals surface area contributed by atoms with Crippen LogP contribution in [-0.2, 0) is 10.9 Å². The third-order valence-corrected chi connectivity index (χ3v) is 5.91. The van der Waals surface area contributed by atoms with E-state index < -0.39 is 28.9 Å². The predicted octanol–water partition coefficient (Wildman–Crippen LogP) is 4.14. The minimum Gasteiger partial charge on any atom is -0.394 e. The minimum absolute atomic E-state index is 0.0154. The Bertz CT molecular complexity index is 1400. The Kier molecular flexibility index (Phi) is 5.81. The Labute approximate surface area is 196 Å². The second kappa shape index (κ2) is 8.82. The van der Waals surface area contributed by atoms with Crippen LogP contribution >= 0.6 is 0 Å². The maximum Gasteiger partial charge on any atom is 0.417 e. The average Bonchev–Trinajstić information content (AvgIpc) is 3.51. The van der Waals surface area contributed by atoms with Crippen LogP contribution < -0.4 is 4.90 Å². The second-order valence-corrected chi connectivity index (χ2v) is 8.21. The van der Waals surface area contributed by atoms with Crippen molar-refractivity contribution in [2.24, 2.45) is 0 Å². The van der Waals surface area contributed by atoms with Crippen molar-refractivity contribution in [1.82, 2.24) is 15.0 Å². The van der Waals surface area contributed by atoms with Gasteiger partial charge in [-0.25, -0.2) is 9.37 Å². The number of nitrogens with zero attached hydrogens (tertiary/aromatic N) is 2. The van der Waals surface area contributed by atoms with Crippen LogP contribution in [0.2, 0.25) is 0 Å². The summed E-state index contributed by atoms with van der Waals surface area (Å²) in [6, 6.07) is 9.03. The van der Waals surface area contributed by atoms with Crippen molar-refractivity contribution in [2.45, 2.75) is 12.3 Å². The lowest BCUT2D eigenvalue weighted by Crippen LogP contribution is -2.44. The lowest BCUT2D eigenvalue weighted by atomic mass is 9.99. The van der Waals surface area contributed by atoms with Crippen molar-refractivity contribution in [3.05, 3.63) is 71.2 Å². The molecule has 182 valence electrons. The number of aliphatic hydroxyl groups excluding tert-OH is 1. The van der Waals surface area contributed by atoms with E-state index in [0.717, 1.165) is 12.1 Å². The van der Waals surface area contributed by atoms with E-state index in [0.29, 0.717) is 36.6 Å². The number of nitrogens with one attached hydrogen (secondary N) is 2. The molecule has 0 unspecified atom stereocenters. The molecule has 2 aromatic heterocycles. The maximum absolute atomic E-state index is 14.9. The van der Waals surface area contributed by atoms with Crippen LogP contribution in [-0.4, -0.2) is 58.2 Å². The molecule has 1 atom stereocenters. The summed E-state index contributed by atoms with van der Waals surface area (Å²) in [5.74, 6) is -1.13. The second-order valence-electron chi connectivity index (χ2n) is 8.21. The smallest absolute Gasteiger partial charge is 0.394 e. The normalized spacial score (nSPS) is 16.7. The van der Waals surface area contributed by atoms with Gasteiger partial charge in [-0.2, -0.15) is 13.2 Å². The van der Waals surface area contributed by atoms with Gasteiger partial charge in [0.2, 0.25) is 0 Å². The molecular weight excluding hydrogens is 468 g/mol. The summed E-state index contributed by atoms with van der Waals surface area (Å²) in [6.45, 7) is 1.19. The topological polar surface area (TPSA) is 94.2 Å². The number of aliphatic hydroxyl groups is 1. The highest BCUT2D eigenvalue weighted by atomic mass is 19.4. The number of aromatic nitrogens is 3. The Morgan fingerprint density at radius 3 is 2.80 bits per heavy atom. The van der Waals surface area contributed by atoms with Crippen LogP contribution in [0.3, 0.4) is 0 Å². The summed E-state index contributed by atoms with van der Waals surface area (Å²) < 4.78 is 60.3. The molecule has 1 saturated heterocycles. The van der Waals surface area contributed by atoms with Gasteiger partial charge < -0.3 is 24.7 Å². The molecule has 7 nitrogen and oxygen atoms in total. The highest BCUT2D eigenvalue weighted by Gasteiger charge is 2.35. The summed E-state index contributed by atoms with van der Waals surface area (Å²) in [6.07, 6.45) is -3.74. The molecule has 3 heterocycles. The fraction of sp³-hybridized carbons (Fsp3) is 0.250. The number of benzene rings is 2. The first kappa shape index (κ1) is 23.1. The quantitative estimate of drug-likeness (QED) is 0.290. The van der Waals surface area contributed by atoms with Crippen LogP contribution in [0, 0.1) is 5.82 Å². The molecule has 35 heavy (non-hydrogen) atoms. The highest BCUT2D eigenvalue weighted by molar-refractivity contribution is 6.10. The zero-order valence-electron chi connectivity index (χ0n) is 18.2. The van der Waals surface area contributed by atoms with Crippen molar-refractivity contribution in [2.75, 3.05) is 31.2 Å². The van der Waals surface area contributed by atoms with E-state index in [1.807, 2.05) is 4.90 Å². The van der Waals surface area contributed by atoms with Crippen molar-refractivity contribution in [3.8, 4) is 11.5 Å². The van der Waals surface area contributed by atoms with Gasteiger partial charge >= 0.3 is 6.18 Å². The fourth-order valence-corrected chi connectivity index (χ4v) is 4.18. The van der Waals surface area contributed by atoms with E-state index in [4.69, 9.17) is 4.74 Å². The first-order valence-corrected chi connectivity index (χ1v) is 10.8. The number of carbonyl (C=O) groups is 1. The first-order chi connectivity index (χ1) is 16.7. The van der Waals surface area contributed by atoms with Gasteiger partial charge in [-0.1, -0.05) is 18.2 Å². The van der Waals surface area contributed by atoms with Crippen LogP contribution in [0.15, 0.2) is 48.7 Å². The molecule has 1 aliphatic rings. The molecule has 2 aromatic carbocycles. The van der Waals surface area contributed by atoms with Crippen LogP contribution in [0.25, 0.3) is 22.6 Å². The van der Waals surface area contributed by atoms with E-state index in [1.54, 1.807) is 6.07 Å². The summed E-state index contributed by atoms with van der Waals surface area (Å²) in [4.78, 5) is 24.8. The Morgan fingerprint density at radius 1 is 1.23 bits per heavy atom. The Morgan fingerprint density at radius 2 is 2.03 bits per heavy atom. The molecule has 4 aromatic rings. The Hall–Kier alpha value is -3.70. The van der Waals surface area contributed by atoms with Gasteiger partial charge in [0.1, 0.15) is 5.52 Å². The van der Waals surface area contributed by atoms with E-state index in [9.17, 15) is 27.5 Å². The number of aromatic amines is 2. The van der Waals surface area contributed by atoms with Crippen LogP contribution in [0.5, 0.6) is 0 Å². The number of ether oxygens (including phenoxy) is 1. The van der Waals surface area contributed by atoms with Gasteiger partial charge in [0.05, 0.1) is 36.1 Å². The summed E-state index contributed by atoms with van der Waals surface area (Å²) in [7, 11) is 0. The third-order valence-electron chi connectivity index (χ3n) is 5.91. The molecule has 11 heteroatoms. The van der Waals surface area contributed by atoms with Gasteiger partial charge in [0.25, 0.3) is 0 Å². The number of anilines is 1. The molecule has 1 aliphatic heterocycles. The molecule has 3 N–H and O–H groups in total. The molecule has 0 saturated carbocycles. The van der Waals surface area contributed by atoms with Gasteiger partial charge in [-0.3, -0.25) is 4.79 Å². The average molecular weight is 488 g/mol. The zero-order valence-corrected chi connectivity index (χ0v) is 18.2. The highest BCUT2D eigenvalue weighted by Crippen LogP contribution is 2.33. The Balaban J connectivity index is 1.45. The van der Waals surface area contributed by atoms with Gasteiger partial charge in [-0.05, 0) is 24.3 Å². The molecule has 5 rings (SSSR count). The fourth-order valence-electron chi connectivity index (χ4n) is 4.18. The maximum atomic E-state index is 14.9. The van der Waals surface area contributed by atoms with E-state index in [-0.39, 0.29) is 29.6 Å². The number of ketones is 1. The number of hydrogen-bond donors (Lipinski definition) is 3. The molecule has 0 aliphatic carbocycles. The number of rotatable bonds is 5. The van der Waals surface area contributed by atoms with E-state index in [2.05, 4.69) is 15.0 Å². The van der Waals surface area contributed by atoms with Crippen molar-refractivity contribution < 1.29 is 32.2 Å². The predicted molar refractivity (Wildman–Crippen MR) is 120 cm³/mol. The number of carbonyl (C=O) groups excluding carboxylic acids is 1. The number of halogens is 4. The lowest BCUT2D eigenvalue weighted by Gasteiger charge is -2.33. The summed E-state index contributed by atoms with van der Waals surface area (Å²) in [5.41, 5.74) is -0.0517. The largest absolute Gasteiger partial charge is 0.417 e. The molecule has 1 fully saturated rings. The zero-order chi connectivity index (χ0) is 24.7. The molecule has 0 bridgehead atoms. The number of alkyl halides is 3. The van der Waals surface area contributed by atoms with E-state index in [1.165, 1.54) is 30.5 Å². The summed E-state index contributed by atoms with van der Waals surface area (Å²) >= 11 is 0. The minimum atomic E-state index is -4.67. The number of morpholine rings is 1. The first-order valence-electron chi connectivity index (χ1n) is 10.8. The number of fused-ring (bicyclic) bond motifs is 1. The van der Waals surface area contributed by atoms with Crippen LogP contribution in [0.4, 0.5) is 23.2 Å². The monoisotopic (exact) mass is 488 g/mol. The van der Waals surface area contributed by atoms with E-state index >= 15 is 0 Å². The van der Waals surface area contributed by atoms with Gasteiger partial charge in [0.15, 0.2) is 17.4 Å². The lowest BCUT2D eigenvalue weighted by molar-refractivity contribution is -0.137. The van der Waals surface area contributed by atoms with Crippen molar-refractivity contribution >= 4 is 22.5 Å². The number of hydrogen-bond acceptors (Lipinski definition) is 5. The standard InChI is InChI=1S/C24H20F4N4O3/c25-18-8-14(32-5-6-35-15(11-32)12-33)9-19-21(18)31-23(30-19)20-7-13(10-29-20)22(34)16-3-1-2-4-17(16)24(26,27)28/h1-4,7-10,15,29,33H,5-6,11-12H2,(H,30,31)/t15-/m1/s1. The number of H-pyrrole nitrogens is 2. The molecule has 0 radical (unpaired) electrons. The summed E-state index contributed by atoms with van der Waals surface area (Å²) in [5, 5.41) is 9.36. The van der Waals surface area contributed by atoms with Gasteiger partial charge in [-0.15, -0.1) is 0 Å².